The first-order valence-corrected chi connectivity index (χ1v) is 6.68. The van der Waals surface area contributed by atoms with E-state index in [0.29, 0.717) is 0 Å². The van der Waals surface area contributed by atoms with Crippen LogP contribution in [0, 0.1) is 0 Å². The largest absolute Gasteiger partial charge is 0.223 e. The maximum atomic E-state index is 6.05. The maximum Gasteiger partial charge on any atom is 0.223 e. The summed E-state index contributed by atoms with van der Waals surface area (Å²) in [5.74, 6) is 0. The van der Waals surface area contributed by atoms with Crippen molar-refractivity contribution in [2.24, 2.45) is 0 Å². The van der Waals surface area contributed by atoms with Crippen molar-refractivity contribution < 1.29 is 0 Å². The zero-order valence-corrected chi connectivity index (χ0v) is 11.1. The van der Waals surface area contributed by atoms with Gasteiger partial charge in [0.2, 0.25) is 5.28 Å². The molecule has 2 nitrogen and oxygen atoms in total. The van der Waals surface area contributed by atoms with E-state index < -0.39 is 0 Å². The molecule has 0 bridgehead atoms. The summed E-state index contributed by atoms with van der Waals surface area (Å²) in [5.41, 5.74) is 3.91. The SMILES string of the molecule is Clc1nc(C2=CCCC=C2)cc(-c2ccccc2)n1. The summed E-state index contributed by atoms with van der Waals surface area (Å²) in [4.78, 5) is 8.62. The summed E-state index contributed by atoms with van der Waals surface area (Å²) in [7, 11) is 0. The number of rotatable bonds is 2. The van der Waals surface area contributed by atoms with Crippen molar-refractivity contribution in [1.82, 2.24) is 9.97 Å². The van der Waals surface area contributed by atoms with Crippen molar-refractivity contribution in [2.45, 2.75) is 12.8 Å². The summed E-state index contributed by atoms with van der Waals surface area (Å²) in [6.45, 7) is 0. The molecule has 0 spiro atoms. The average Bonchev–Trinajstić information content (AvgIpc) is 2.48. The minimum absolute atomic E-state index is 0.288. The Kier molecular flexibility index (Phi) is 3.43. The van der Waals surface area contributed by atoms with Crippen LogP contribution >= 0.6 is 11.6 Å². The molecule has 3 rings (SSSR count). The Morgan fingerprint density at radius 1 is 0.947 bits per heavy atom. The second-order valence-corrected chi connectivity index (χ2v) is 4.75. The van der Waals surface area contributed by atoms with Crippen LogP contribution in [0.3, 0.4) is 0 Å². The lowest BCUT2D eigenvalue weighted by atomic mass is 10.0. The van der Waals surface area contributed by atoms with Crippen molar-refractivity contribution in [3.05, 3.63) is 65.6 Å². The minimum atomic E-state index is 0.288. The molecule has 19 heavy (non-hydrogen) atoms. The Balaban J connectivity index is 2.06. The fourth-order valence-corrected chi connectivity index (χ4v) is 2.31. The maximum absolute atomic E-state index is 6.05. The molecule has 1 heterocycles. The molecule has 1 aromatic heterocycles. The monoisotopic (exact) mass is 268 g/mol. The molecule has 0 aliphatic heterocycles. The van der Waals surface area contributed by atoms with Crippen LogP contribution in [0.25, 0.3) is 16.8 Å². The standard InChI is InChI=1S/C16H13ClN2/c17-16-18-14(12-7-3-1-4-8-12)11-15(19-16)13-9-5-2-6-10-13/h1,3-5,7-11H,2,6H2. The van der Waals surface area contributed by atoms with Gasteiger partial charge in [0, 0.05) is 5.56 Å². The average molecular weight is 269 g/mol. The van der Waals surface area contributed by atoms with E-state index in [2.05, 4.69) is 28.2 Å². The fourth-order valence-electron chi connectivity index (χ4n) is 2.13. The molecular weight excluding hydrogens is 256 g/mol. The van der Waals surface area contributed by atoms with Crippen LogP contribution in [0.4, 0.5) is 0 Å². The topological polar surface area (TPSA) is 25.8 Å². The van der Waals surface area contributed by atoms with E-state index in [9.17, 15) is 0 Å². The Labute approximate surface area is 117 Å². The third-order valence-electron chi connectivity index (χ3n) is 3.06. The zero-order chi connectivity index (χ0) is 13.1. The van der Waals surface area contributed by atoms with E-state index in [1.165, 1.54) is 0 Å². The lowest BCUT2D eigenvalue weighted by Gasteiger charge is -2.08. The second-order valence-electron chi connectivity index (χ2n) is 4.41. The van der Waals surface area contributed by atoms with E-state index in [4.69, 9.17) is 11.6 Å². The molecule has 0 saturated heterocycles. The number of hydrogen-bond donors (Lipinski definition) is 0. The summed E-state index contributed by atoms with van der Waals surface area (Å²) in [5, 5.41) is 0.288. The van der Waals surface area contributed by atoms with Gasteiger partial charge in [-0.2, -0.15) is 0 Å². The lowest BCUT2D eigenvalue weighted by molar-refractivity contribution is 1.03. The third-order valence-corrected chi connectivity index (χ3v) is 3.23. The van der Waals surface area contributed by atoms with Crippen LogP contribution in [0.5, 0.6) is 0 Å². The highest BCUT2D eigenvalue weighted by Gasteiger charge is 2.08. The van der Waals surface area contributed by atoms with Crippen molar-refractivity contribution in [3.8, 4) is 11.3 Å². The van der Waals surface area contributed by atoms with Crippen LogP contribution in [0.15, 0.2) is 54.6 Å². The molecule has 0 N–H and O–H groups in total. The first-order chi connectivity index (χ1) is 9.33. The number of aromatic nitrogens is 2. The van der Waals surface area contributed by atoms with Gasteiger partial charge in [-0.15, -0.1) is 0 Å². The summed E-state index contributed by atoms with van der Waals surface area (Å²) < 4.78 is 0. The predicted octanol–water partition coefficient (Wildman–Crippen LogP) is 4.53. The molecule has 3 heteroatoms. The molecule has 0 unspecified atom stereocenters. The number of benzene rings is 1. The summed E-state index contributed by atoms with van der Waals surface area (Å²) in [6, 6.07) is 12.0. The minimum Gasteiger partial charge on any atom is -0.218 e. The van der Waals surface area contributed by atoms with Gasteiger partial charge in [0.1, 0.15) is 0 Å². The molecule has 0 saturated carbocycles. The van der Waals surface area contributed by atoms with E-state index in [1.54, 1.807) is 0 Å². The number of nitrogens with zero attached hydrogens (tertiary/aromatic N) is 2. The van der Waals surface area contributed by atoms with Gasteiger partial charge in [0.05, 0.1) is 11.4 Å². The smallest absolute Gasteiger partial charge is 0.218 e. The van der Waals surface area contributed by atoms with E-state index in [-0.39, 0.29) is 5.28 Å². The molecule has 1 aromatic carbocycles. The summed E-state index contributed by atoms with van der Waals surface area (Å²) >= 11 is 6.05. The first-order valence-electron chi connectivity index (χ1n) is 6.30. The Hall–Kier alpha value is -1.93. The normalized spacial score (nSPS) is 14.3. The summed E-state index contributed by atoms with van der Waals surface area (Å²) in [6.07, 6.45) is 8.58. The first kappa shape index (κ1) is 12.1. The molecule has 2 aromatic rings. The Morgan fingerprint density at radius 2 is 1.74 bits per heavy atom. The van der Waals surface area contributed by atoms with E-state index in [1.807, 2.05) is 36.4 Å². The second kappa shape index (κ2) is 5.37. The number of hydrogen-bond acceptors (Lipinski definition) is 2. The van der Waals surface area contributed by atoms with Gasteiger partial charge in [0.25, 0.3) is 0 Å². The van der Waals surface area contributed by atoms with Gasteiger partial charge >= 0.3 is 0 Å². The van der Waals surface area contributed by atoms with Crippen LogP contribution in [0.2, 0.25) is 5.28 Å². The molecule has 0 radical (unpaired) electrons. The highest BCUT2D eigenvalue weighted by molar-refractivity contribution is 6.28. The van der Waals surface area contributed by atoms with Crippen LogP contribution in [-0.2, 0) is 0 Å². The zero-order valence-electron chi connectivity index (χ0n) is 10.4. The quantitative estimate of drug-likeness (QED) is 0.748. The highest BCUT2D eigenvalue weighted by Crippen LogP contribution is 2.25. The van der Waals surface area contributed by atoms with E-state index in [0.717, 1.165) is 35.4 Å². The van der Waals surface area contributed by atoms with Gasteiger partial charge in [-0.1, -0.05) is 48.6 Å². The molecule has 1 aliphatic carbocycles. The Morgan fingerprint density at radius 3 is 2.47 bits per heavy atom. The Bertz CT molecular complexity index is 645. The predicted molar refractivity (Wildman–Crippen MR) is 78.8 cm³/mol. The molecule has 0 amide bonds. The molecule has 94 valence electrons. The molecular formula is C16H13ClN2. The van der Waals surface area contributed by atoms with Crippen molar-refractivity contribution in [3.63, 3.8) is 0 Å². The van der Waals surface area contributed by atoms with Crippen LogP contribution < -0.4 is 0 Å². The van der Waals surface area contributed by atoms with Crippen LogP contribution in [0.1, 0.15) is 18.5 Å². The van der Waals surface area contributed by atoms with Crippen molar-refractivity contribution >= 4 is 17.2 Å². The molecule has 0 atom stereocenters. The lowest BCUT2D eigenvalue weighted by Crippen LogP contribution is -1.95. The number of allylic oxidation sites excluding steroid dienone is 4. The molecule has 0 fully saturated rings. The molecule has 1 aliphatic rings. The van der Waals surface area contributed by atoms with Gasteiger partial charge in [-0.05, 0) is 36.1 Å². The van der Waals surface area contributed by atoms with Crippen LogP contribution in [-0.4, -0.2) is 9.97 Å². The van der Waals surface area contributed by atoms with Crippen molar-refractivity contribution in [2.75, 3.05) is 0 Å². The highest BCUT2D eigenvalue weighted by atomic mass is 35.5. The van der Waals surface area contributed by atoms with Gasteiger partial charge < -0.3 is 0 Å². The van der Waals surface area contributed by atoms with Crippen molar-refractivity contribution in [1.29, 1.82) is 0 Å². The fraction of sp³-hybridized carbons (Fsp3) is 0.125. The van der Waals surface area contributed by atoms with E-state index >= 15 is 0 Å². The van der Waals surface area contributed by atoms with Gasteiger partial charge in [-0.3, -0.25) is 0 Å². The third kappa shape index (κ3) is 2.74. The van der Waals surface area contributed by atoms with Gasteiger partial charge in [-0.25, -0.2) is 9.97 Å². The van der Waals surface area contributed by atoms with Gasteiger partial charge in [0.15, 0.2) is 0 Å². The number of halogens is 1.